The number of likely N-dealkylation sites (N-methyl/N-ethyl adjacent to an activating group) is 1. The van der Waals surface area contributed by atoms with E-state index in [0.717, 1.165) is 11.0 Å². The van der Waals surface area contributed by atoms with Gasteiger partial charge in [-0.3, -0.25) is 4.57 Å². The predicted octanol–water partition coefficient (Wildman–Crippen LogP) is 2.12. The molecule has 0 heterocycles. The molecule has 0 atom stereocenters. The second-order valence-electron chi connectivity index (χ2n) is 3.14. The Morgan fingerprint density at radius 3 is 1.46 bits per heavy atom. The molecule has 0 rings (SSSR count). The maximum absolute atomic E-state index is 9.51. The van der Waals surface area contributed by atoms with Crippen LogP contribution in [0.5, 0.6) is 0 Å². The molecule has 0 saturated heterocycles. The molecule has 0 spiro atoms. The van der Waals surface area contributed by atoms with Gasteiger partial charge >= 0.3 is 42.9 Å². The number of nitrogens with zero attached hydrogens (tertiary/aromatic N) is 1. The van der Waals surface area contributed by atoms with Gasteiger partial charge in [-0.2, -0.15) is 0 Å². The SMILES string of the molecule is C[N+](C)(C)CCO.O=P(Cl)(Cl)Cl.[Ca+2]. The molecule has 1 N–H and O–H groups in total. The molecule has 76 valence electrons. The third-order valence-electron chi connectivity index (χ3n) is 0.771. The van der Waals surface area contributed by atoms with E-state index in [0.29, 0.717) is 0 Å². The van der Waals surface area contributed by atoms with Crippen LogP contribution in [-0.2, 0) is 4.57 Å². The second-order valence-corrected chi connectivity index (χ2v) is 9.78. The number of halogens is 3. The predicted molar refractivity (Wildman–Crippen MR) is 60.9 cm³/mol. The first-order valence-electron chi connectivity index (χ1n) is 3.16. The van der Waals surface area contributed by atoms with Crippen LogP contribution in [-0.4, -0.2) is 81.6 Å². The molecule has 0 aromatic carbocycles. The summed E-state index contributed by atoms with van der Waals surface area (Å²) >= 11 is 13.8. The van der Waals surface area contributed by atoms with Gasteiger partial charge in [0.2, 0.25) is 0 Å². The minimum absolute atomic E-state index is 0. The largest absolute Gasteiger partial charge is 2.00 e. The van der Waals surface area contributed by atoms with Crippen LogP contribution in [0.3, 0.4) is 0 Å². The van der Waals surface area contributed by atoms with Crippen LogP contribution in [0.25, 0.3) is 0 Å². The first-order valence-corrected chi connectivity index (χ1v) is 7.59. The zero-order valence-corrected chi connectivity index (χ0v) is 13.4. The molecule has 3 nitrogen and oxygen atoms in total. The minimum Gasteiger partial charge on any atom is -0.391 e. The Morgan fingerprint density at radius 1 is 1.23 bits per heavy atom. The summed E-state index contributed by atoms with van der Waals surface area (Å²) in [6.07, 6.45) is 0. The van der Waals surface area contributed by atoms with E-state index in [1.165, 1.54) is 0 Å². The Morgan fingerprint density at radius 2 is 1.46 bits per heavy atom. The number of aliphatic hydroxyl groups excluding tert-OH is 1. The Hall–Kier alpha value is 2.28. The van der Waals surface area contributed by atoms with Gasteiger partial charge in [-0.15, -0.1) is 0 Å². The van der Waals surface area contributed by atoms with E-state index >= 15 is 0 Å². The summed E-state index contributed by atoms with van der Waals surface area (Å²) in [6.45, 7) is 1.11. The first-order chi connectivity index (χ1) is 5.06. The summed E-state index contributed by atoms with van der Waals surface area (Å²) in [5, 5.41) is 5.16. The Kier molecular flexibility index (Phi) is 15.1. The summed E-state index contributed by atoms with van der Waals surface area (Å²) in [5.74, 6) is 0. The van der Waals surface area contributed by atoms with Crippen molar-refractivity contribution in [2.24, 2.45) is 0 Å². The van der Waals surface area contributed by atoms with Crippen molar-refractivity contribution < 1.29 is 14.2 Å². The van der Waals surface area contributed by atoms with E-state index in [4.69, 9.17) is 5.11 Å². The number of rotatable bonds is 2. The molecule has 0 saturated carbocycles. The van der Waals surface area contributed by atoms with Crippen LogP contribution < -0.4 is 0 Å². The number of hydrogen-bond acceptors (Lipinski definition) is 2. The van der Waals surface area contributed by atoms with E-state index in [9.17, 15) is 4.57 Å². The van der Waals surface area contributed by atoms with Gasteiger partial charge < -0.3 is 9.59 Å². The molecular formula is C5H14CaCl3NO2P+3. The van der Waals surface area contributed by atoms with E-state index in [1.54, 1.807) is 0 Å². The van der Waals surface area contributed by atoms with Crippen molar-refractivity contribution in [1.29, 1.82) is 0 Å². The zero-order chi connectivity index (χ0) is 10.4. The van der Waals surface area contributed by atoms with Crippen molar-refractivity contribution >= 4 is 76.7 Å². The second kappa shape index (κ2) is 9.50. The molecule has 8 heteroatoms. The fourth-order valence-corrected chi connectivity index (χ4v) is 0.300. The van der Waals surface area contributed by atoms with Crippen molar-refractivity contribution in [2.75, 3.05) is 34.3 Å². The molecule has 0 radical (unpaired) electrons. The smallest absolute Gasteiger partial charge is 0.391 e. The third-order valence-corrected chi connectivity index (χ3v) is 0.771. The first kappa shape index (κ1) is 20.7. The number of quaternary nitrogens is 1. The van der Waals surface area contributed by atoms with Gasteiger partial charge in [0.25, 0.3) is 0 Å². The summed E-state index contributed by atoms with van der Waals surface area (Å²) in [5.41, 5.74) is 0. The van der Waals surface area contributed by atoms with Crippen LogP contribution in [0.1, 0.15) is 0 Å². The van der Waals surface area contributed by atoms with E-state index in [2.05, 4.69) is 54.9 Å². The summed E-state index contributed by atoms with van der Waals surface area (Å²) in [7, 11) is 6.16. The molecule has 0 unspecified atom stereocenters. The maximum atomic E-state index is 9.51. The number of aliphatic hydroxyl groups is 1. The van der Waals surface area contributed by atoms with Crippen LogP contribution >= 0.6 is 38.9 Å². The maximum Gasteiger partial charge on any atom is 2.00 e. The van der Waals surface area contributed by atoms with Crippen molar-refractivity contribution in [3.8, 4) is 0 Å². The third kappa shape index (κ3) is 54.6. The van der Waals surface area contributed by atoms with E-state index < -0.39 is 5.20 Å². The van der Waals surface area contributed by atoms with Crippen molar-refractivity contribution in [2.45, 2.75) is 0 Å². The molecule has 0 amide bonds. The quantitative estimate of drug-likeness (QED) is 0.481. The summed E-state index contributed by atoms with van der Waals surface area (Å²) < 4.78 is 10.4. The average Bonchev–Trinajstić information content (AvgIpc) is 1.54. The number of hydrogen-bond donors (Lipinski definition) is 1. The summed E-state index contributed by atoms with van der Waals surface area (Å²) in [6, 6.07) is 0. The Labute approximate surface area is 124 Å². The molecule has 0 aromatic heterocycles. The van der Waals surface area contributed by atoms with E-state index in [-0.39, 0.29) is 44.3 Å². The fraction of sp³-hybridized carbons (Fsp3) is 1.00. The zero-order valence-electron chi connectivity index (χ0n) is 8.01. The Bertz CT molecular complexity index is 150. The van der Waals surface area contributed by atoms with Crippen molar-refractivity contribution in [1.82, 2.24) is 0 Å². The molecule has 0 fully saturated rings. The van der Waals surface area contributed by atoms with Gasteiger partial charge in [-0.1, -0.05) is 0 Å². The van der Waals surface area contributed by atoms with Crippen LogP contribution in [0.2, 0.25) is 0 Å². The van der Waals surface area contributed by atoms with Gasteiger partial charge in [-0.05, 0) is 33.7 Å². The van der Waals surface area contributed by atoms with Crippen LogP contribution in [0, 0.1) is 0 Å². The van der Waals surface area contributed by atoms with Gasteiger partial charge in [0, 0.05) is 0 Å². The van der Waals surface area contributed by atoms with Crippen molar-refractivity contribution in [3.05, 3.63) is 0 Å². The standard InChI is InChI=1S/C5H14NO.Ca.Cl3OP/c1-6(2,3)4-5-7;;1-5(2,3)4/h7H,4-5H2,1-3H3;;/q+1;+2;. The average molecular weight is 298 g/mol. The minimum atomic E-state index is -3.22. The molecular weight excluding hydrogens is 283 g/mol. The van der Waals surface area contributed by atoms with Gasteiger partial charge in [0.1, 0.15) is 6.54 Å². The summed E-state index contributed by atoms with van der Waals surface area (Å²) in [4.78, 5) is 0. The molecule has 0 aromatic rings. The van der Waals surface area contributed by atoms with E-state index in [1.807, 2.05) is 0 Å². The van der Waals surface area contributed by atoms with Crippen LogP contribution in [0.4, 0.5) is 0 Å². The van der Waals surface area contributed by atoms with Gasteiger partial charge in [0.05, 0.1) is 27.7 Å². The van der Waals surface area contributed by atoms with Gasteiger partial charge in [-0.25, -0.2) is 0 Å². The monoisotopic (exact) mass is 296 g/mol. The van der Waals surface area contributed by atoms with Gasteiger partial charge in [0.15, 0.2) is 0 Å². The van der Waals surface area contributed by atoms with Crippen LogP contribution in [0.15, 0.2) is 0 Å². The normalized spacial score (nSPS) is 11.0. The molecule has 0 aliphatic heterocycles. The molecule has 13 heavy (non-hydrogen) atoms. The topological polar surface area (TPSA) is 37.3 Å². The van der Waals surface area contributed by atoms with Crippen molar-refractivity contribution in [3.63, 3.8) is 0 Å². The fourth-order valence-electron chi connectivity index (χ4n) is 0.300. The molecule has 0 aliphatic carbocycles. The Balaban J connectivity index is -0.000000150. The molecule has 0 bridgehead atoms. The molecule has 0 aliphatic rings.